The molecular formula is C15H13N3O3S. The van der Waals surface area contributed by atoms with Crippen LogP contribution in [-0.2, 0) is 9.84 Å². The number of pyridine rings is 1. The van der Waals surface area contributed by atoms with Crippen LogP contribution in [-0.4, -0.2) is 30.0 Å². The fourth-order valence-corrected chi connectivity index (χ4v) is 2.92. The van der Waals surface area contributed by atoms with E-state index in [0.717, 1.165) is 6.26 Å². The molecule has 2 aromatic heterocycles. The van der Waals surface area contributed by atoms with Crippen molar-refractivity contribution in [2.24, 2.45) is 5.73 Å². The van der Waals surface area contributed by atoms with Crippen LogP contribution >= 0.6 is 0 Å². The predicted octanol–water partition coefficient (Wildman–Crippen LogP) is 1.50. The minimum atomic E-state index is -3.27. The van der Waals surface area contributed by atoms with Crippen molar-refractivity contribution in [3.05, 3.63) is 54.4 Å². The molecule has 6 nitrogen and oxygen atoms in total. The molecule has 0 saturated heterocycles. The summed E-state index contributed by atoms with van der Waals surface area (Å²) in [6.07, 6.45) is 2.85. The fourth-order valence-electron chi connectivity index (χ4n) is 2.29. The molecule has 0 atom stereocenters. The van der Waals surface area contributed by atoms with Crippen molar-refractivity contribution in [2.75, 3.05) is 6.26 Å². The van der Waals surface area contributed by atoms with Crippen molar-refractivity contribution in [1.29, 1.82) is 0 Å². The Morgan fingerprint density at radius 1 is 1.14 bits per heavy atom. The molecule has 112 valence electrons. The standard InChI is InChI=1S/C15H13N3O3S/c1-22(20,21)11-7-5-10(6-8-11)13-14(15(16)19)18-9-3-2-4-12(18)17-13/h2-9H,1H3,(H2,16,19). The van der Waals surface area contributed by atoms with Crippen LogP contribution in [0, 0.1) is 0 Å². The third-order valence-electron chi connectivity index (χ3n) is 3.32. The van der Waals surface area contributed by atoms with E-state index in [-0.39, 0.29) is 10.6 Å². The lowest BCUT2D eigenvalue weighted by molar-refractivity contribution is 0.0995. The van der Waals surface area contributed by atoms with Crippen LogP contribution < -0.4 is 5.73 Å². The van der Waals surface area contributed by atoms with Crippen LogP contribution in [0.1, 0.15) is 10.5 Å². The Hall–Kier alpha value is -2.67. The van der Waals surface area contributed by atoms with E-state index in [1.54, 1.807) is 34.9 Å². The summed E-state index contributed by atoms with van der Waals surface area (Å²) >= 11 is 0. The van der Waals surface area contributed by atoms with Crippen molar-refractivity contribution in [3.63, 3.8) is 0 Å². The minimum Gasteiger partial charge on any atom is -0.364 e. The highest BCUT2D eigenvalue weighted by molar-refractivity contribution is 7.90. The third kappa shape index (κ3) is 2.35. The second kappa shape index (κ2) is 4.96. The summed E-state index contributed by atoms with van der Waals surface area (Å²) in [7, 11) is -3.27. The van der Waals surface area contributed by atoms with Gasteiger partial charge in [0.2, 0.25) is 0 Å². The number of carbonyl (C=O) groups excluding carboxylic acids is 1. The van der Waals surface area contributed by atoms with E-state index >= 15 is 0 Å². The second-order valence-corrected chi connectivity index (χ2v) is 6.91. The summed E-state index contributed by atoms with van der Waals surface area (Å²) in [4.78, 5) is 16.4. The van der Waals surface area contributed by atoms with Crippen molar-refractivity contribution >= 4 is 21.4 Å². The lowest BCUT2D eigenvalue weighted by Gasteiger charge is -2.03. The largest absolute Gasteiger partial charge is 0.364 e. The van der Waals surface area contributed by atoms with Crippen LogP contribution in [0.2, 0.25) is 0 Å². The monoisotopic (exact) mass is 315 g/mol. The first-order valence-corrected chi connectivity index (χ1v) is 8.34. The number of aromatic nitrogens is 2. The van der Waals surface area contributed by atoms with Gasteiger partial charge in [-0.3, -0.25) is 9.20 Å². The molecule has 0 aliphatic carbocycles. The number of amides is 1. The topological polar surface area (TPSA) is 94.5 Å². The molecule has 0 bridgehead atoms. The highest BCUT2D eigenvalue weighted by Gasteiger charge is 2.18. The summed E-state index contributed by atoms with van der Waals surface area (Å²) in [5.74, 6) is -0.596. The van der Waals surface area contributed by atoms with Gasteiger partial charge in [-0.2, -0.15) is 0 Å². The molecule has 22 heavy (non-hydrogen) atoms. The fraction of sp³-hybridized carbons (Fsp3) is 0.0667. The molecule has 0 spiro atoms. The van der Waals surface area contributed by atoms with Gasteiger partial charge in [0.05, 0.1) is 4.90 Å². The highest BCUT2D eigenvalue weighted by atomic mass is 32.2. The average molecular weight is 315 g/mol. The SMILES string of the molecule is CS(=O)(=O)c1ccc(-c2nc3ccccn3c2C(N)=O)cc1. The molecule has 3 rings (SSSR count). The average Bonchev–Trinajstić information content (AvgIpc) is 2.86. The van der Waals surface area contributed by atoms with Crippen molar-refractivity contribution in [1.82, 2.24) is 9.38 Å². The van der Waals surface area contributed by atoms with Crippen LogP contribution in [0.15, 0.2) is 53.6 Å². The van der Waals surface area contributed by atoms with Gasteiger partial charge in [-0.05, 0) is 24.3 Å². The number of imidazole rings is 1. The summed E-state index contributed by atoms with van der Waals surface area (Å²) in [5.41, 5.74) is 7.39. The first kappa shape index (κ1) is 14.3. The van der Waals surface area contributed by atoms with Crippen LogP contribution in [0.4, 0.5) is 0 Å². The zero-order chi connectivity index (χ0) is 15.9. The second-order valence-electron chi connectivity index (χ2n) is 4.90. The number of fused-ring (bicyclic) bond motifs is 1. The van der Waals surface area contributed by atoms with Crippen molar-refractivity contribution in [2.45, 2.75) is 4.90 Å². The smallest absolute Gasteiger partial charge is 0.268 e. The number of nitrogens with zero attached hydrogens (tertiary/aromatic N) is 2. The number of nitrogens with two attached hydrogens (primary N) is 1. The summed E-state index contributed by atoms with van der Waals surface area (Å²) < 4.78 is 24.6. The highest BCUT2D eigenvalue weighted by Crippen LogP contribution is 2.25. The minimum absolute atomic E-state index is 0.209. The zero-order valence-electron chi connectivity index (χ0n) is 11.7. The van der Waals surface area contributed by atoms with Crippen molar-refractivity contribution < 1.29 is 13.2 Å². The van der Waals surface area contributed by atoms with E-state index in [4.69, 9.17) is 5.73 Å². The number of rotatable bonds is 3. The summed E-state index contributed by atoms with van der Waals surface area (Å²) in [6, 6.07) is 11.6. The van der Waals surface area contributed by atoms with Crippen molar-refractivity contribution in [3.8, 4) is 11.3 Å². The molecule has 7 heteroatoms. The molecule has 0 radical (unpaired) electrons. The Kier molecular flexibility index (Phi) is 3.22. The van der Waals surface area contributed by atoms with Crippen LogP contribution in [0.3, 0.4) is 0 Å². The molecule has 0 fully saturated rings. The number of carbonyl (C=O) groups is 1. The molecule has 2 heterocycles. The maximum Gasteiger partial charge on any atom is 0.268 e. The van der Waals surface area contributed by atoms with Crippen LogP contribution in [0.25, 0.3) is 16.9 Å². The molecular weight excluding hydrogens is 302 g/mol. The number of hydrogen-bond donors (Lipinski definition) is 1. The predicted molar refractivity (Wildman–Crippen MR) is 82.3 cm³/mol. The van der Waals surface area contributed by atoms with E-state index in [0.29, 0.717) is 16.9 Å². The first-order valence-electron chi connectivity index (χ1n) is 6.45. The Balaban J connectivity index is 2.22. The van der Waals surface area contributed by atoms with E-state index in [1.807, 2.05) is 6.07 Å². The van der Waals surface area contributed by atoms with Gasteiger partial charge < -0.3 is 5.73 Å². The number of primary amides is 1. The Bertz CT molecular complexity index is 973. The molecule has 0 unspecified atom stereocenters. The number of sulfone groups is 1. The maximum atomic E-state index is 11.8. The Morgan fingerprint density at radius 2 is 1.82 bits per heavy atom. The molecule has 1 aromatic carbocycles. The van der Waals surface area contributed by atoms with Crippen LogP contribution in [0.5, 0.6) is 0 Å². The zero-order valence-corrected chi connectivity index (χ0v) is 12.5. The molecule has 1 amide bonds. The van der Waals surface area contributed by atoms with Gasteiger partial charge in [0.1, 0.15) is 17.0 Å². The van der Waals surface area contributed by atoms with Gasteiger partial charge in [0.25, 0.3) is 5.91 Å². The lowest BCUT2D eigenvalue weighted by atomic mass is 10.1. The molecule has 0 saturated carbocycles. The quantitative estimate of drug-likeness (QED) is 0.792. The van der Waals surface area contributed by atoms with E-state index in [1.165, 1.54) is 12.1 Å². The number of hydrogen-bond acceptors (Lipinski definition) is 4. The number of benzene rings is 1. The Morgan fingerprint density at radius 3 is 2.41 bits per heavy atom. The van der Waals surface area contributed by atoms with Gasteiger partial charge >= 0.3 is 0 Å². The summed E-state index contributed by atoms with van der Waals surface area (Å²) in [6.45, 7) is 0. The van der Waals surface area contributed by atoms with E-state index in [2.05, 4.69) is 4.98 Å². The van der Waals surface area contributed by atoms with E-state index < -0.39 is 15.7 Å². The summed E-state index contributed by atoms with van der Waals surface area (Å²) in [5, 5.41) is 0. The maximum absolute atomic E-state index is 11.8. The van der Waals surface area contributed by atoms with Gasteiger partial charge in [-0.1, -0.05) is 18.2 Å². The van der Waals surface area contributed by atoms with E-state index in [9.17, 15) is 13.2 Å². The molecule has 2 N–H and O–H groups in total. The van der Waals surface area contributed by atoms with Gasteiger partial charge in [0, 0.05) is 18.0 Å². The normalized spacial score (nSPS) is 11.7. The van der Waals surface area contributed by atoms with Gasteiger partial charge in [-0.25, -0.2) is 13.4 Å². The Labute approximate surface area is 127 Å². The molecule has 0 aliphatic heterocycles. The lowest BCUT2D eigenvalue weighted by Crippen LogP contribution is -2.14. The molecule has 3 aromatic rings. The van der Waals surface area contributed by atoms with Gasteiger partial charge in [0.15, 0.2) is 9.84 Å². The third-order valence-corrected chi connectivity index (χ3v) is 4.45. The van der Waals surface area contributed by atoms with Gasteiger partial charge in [-0.15, -0.1) is 0 Å². The first-order chi connectivity index (χ1) is 10.4. The molecule has 0 aliphatic rings.